The van der Waals surface area contributed by atoms with Gasteiger partial charge in [0.15, 0.2) is 0 Å². The highest BCUT2D eigenvalue weighted by Crippen LogP contribution is 2.28. The molecule has 0 spiro atoms. The smallest absolute Gasteiger partial charge is 0.352 e. The molecule has 0 fully saturated rings. The molecule has 2 aromatic carbocycles. The Morgan fingerprint density at radius 3 is 2.45 bits per heavy atom. The molecule has 0 bridgehead atoms. The van der Waals surface area contributed by atoms with Crippen molar-refractivity contribution in [1.29, 1.82) is 0 Å². The van der Waals surface area contributed by atoms with Gasteiger partial charge in [0.25, 0.3) is 0 Å². The summed E-state index contributed by atoms with van der Waals surface area (Å²) in [5, 5.41) is 9.69. The number of hydrogen-bond donors (Lipinski definition) is 2. The van der Waals surface area contributed by atoms with Gasteiger partial charge in [-0.1, -0.05) is 18.2 Å². The standard InChI is InChI=1S/C22H20F2N2O5/c1-31-21(28)10-20(27)26(12-13-2-5-16(24)6-3-13)19(11-23)14-4-7-17-15(8-14)9-18(25-17)22(29)30/h2-9,19,25H,10-12H2,1H3,(H,29,30). The largest absolute Gasteiger partial charge is 0.477 e. The fourth-order valence-corrected chi connectivity index (χ4v) is 3.28. The zero-order valence-electron chi connectivity index (χ0n) is 16.6. The Bertz CT molecular complexity index is 1110. The molecule has 0 aliphatic heterocycles. The van der Waals surface area contributed by atoms with E-state index in [1.807, 2.05) is 0 Å². The van der Waals surface area contributed by atoms with E-state index < -0.39 is 42.8 Å². The Kier molecular flexibility index (Phi) is 6.64. The lowest BCUT2D eigenvalue weighted by Crippen LogP contribution is -2.37. The Labute approximate surface area is 176 Å². The third kappa shape index (κ3) is 5.06. The van der Waals surface area contributed by atoms with Gasteiger partial charge in [-0.05, 0) is 41.5 Å². The first-order valence-electron chi connectivity index (χ1n) is 9.35. The predicted octanol–water partition coefficient (Wildman–Crippen LogP) is 3.61. The number of alkyl halides is 1. The van der Waals surface area contributed by atoms with Gasteiger partial charge in [0.1, 0.15) is 24.6 Å². The lowest BCUT2D eigenvalue weighted by molar-refractivity contribution is -0.148. The molecule has 162 valence electrons. The number of rotatable bonds is 8. The number of aromatic amines is 1. The monoisotopic (exact) mass is 430 g/mol. The van der Waals surface area contributed by atoms with Crippen molar-refractivity contribution in [2.45, 2.75) is 19.0 Å². The predicted molar refractivity (Wildman–Crippen MR) is 108 cm³/mol. The van der Waals surface area contributed by atoms with E-state index in [9.17, 15) is 23.2 Å². The van der Waals surface area contributed by atoms with Gasteiger partial charge in [0.2, 0.25) is 5.91 Å². The van der Waals surface area contributed by atoms with Crippen molar-refractivity contribution in [3.8, 4) is 0 Å². The van der Waals surface area contributed by atoms with E-state index in [1.54, 1.807) is 18.2 Å². The van der Waals surface area contributed by atoms with E-state index in [4.69, 9.17) is 5.11 Å². The first-order chi connectivity index (χ1) is 14.8. The summed E-state index contributed by atoms with van der Waals surface area (Å²) in [6.07, 6.45) is -0.580. The van der Waals surface area contributed by atoms with Crippen LogP contribution in [0.25, 0.3) is 10.9 Å². The number of halogens is 2. The molecule has 1 amide bonds. The summed E-state index contributed by atoms with van der Waals surface area (Å²) in [6.45, 7) is -1.01. The number of nitrogens with one attached hydrogen (secondary N) is 1. The maximum Gasteiger partial charge on any atom is 0.352 e. The van der Waals surface area contributed by atoms with Gasteiger partial charge >= 0.3 is 11.9 Å². The quantitative estimate of drug-likeness (QED) is 0.420. The Balaban J connectivity index is 1.98. The van der Waals surface area contributed by atoms with Gasteiger partial charge < -0.3 is 19.7 Å². The number of ether oxygens (including phenoxy) is 1. The average Bonchev–Trinajstić information content (AvgIpc) is 3.18. The number of benzene rings is 2. The Morgan fingerprint density at radius 2 is 1.84 bits per heavy atom. The molecule has 0 aliphatic carbocycles. The van der Waals surface area contributed by atoms with Crippen LogP contribution in [-0.2, 0) is 20.9 Å². The third-order valence-electron chi connectivity index (χ3n) is 4.89. The van der Waals surface area contributed by atoms with E-state index in [0.717, 1.165) is 7.11 Å². The summed E-state index contributed by atoms with van der Waals surface area (Å²) in [4.78, 5) is 39.6. The molecule has 1 atom stereocenters. The van der Waals surface area contributed by atoms with Crippen molar-refractivity contribution in [2.24, 2.45) is 0 Å². The van der Waals surface area contributed by atoms with Gasteiger partial charge in [-0.2, -0.15) is 0 Å². The molecule has 3 rings (SSSR count). The van der Waals surface area contributed by atoms with Crippen LogP contribution in [0.2, 0.25) is 0 Å². The van der Waals surface area contributed by atoms with Gasteiger partial charge in [0, 0.05) is 17.4 Å². The van der Waals surface area contributed by atoms with Crippen LogP contribution in [0.1, 0.15) is 34.1 Å². The van der Waals surface area contributed by atoms with Crippen LogP contribution in [0.4, 0.5) is 8.78 Å². The first-order valence-corrected chi connectivity index (χ1v) is 9.35. The number of H-pyrrole nitrogens is 1. The van der Waals surface area contributed by atoms with Crippen molar-refractivity contribution in [3.05, 3.63) is 71.2 Å². The summed E-state index contributed by atoms with van der Waals surface area (Å²) in [7, 11) is 1.15. The molecule has 0 saturated heterocycles. The minimum absolute atomic E-state index is 0.0196. The number of carbonyl (C=O) groups excluding carboxylic acids is 2. The number of carbonyl (C=O) groups is 3. The van der Waals surface area contributed by atoms with E-state index in [0.29, 0.717) is 22.0 Å². The second-order valence-electron chi connectivity index (χ2n) is 6.91. The van der Waals surface area contributed by atoms with Crippen molar-refractivity contribution >= 4 is 28.7 Å². The number of nitrogens with zero attached hydrogens (tertiary/aromatic N) is 1. The van der Waals surface area contributed by atoms with Crippen LogP contribution < -0.4 is 0 Å². The number of esters is 1. The molecule has 7 nitrogen and oxygen atoms in total. The molecule has 2 N–H and O–H groups in total. The second-order valence-corrected chi connectivity index (χ2v) is 6.91. The van der Waals surface area contributed by atoms with E-state index in [-0.39, 0.29) is 12.2 Å². The number of hydrogen-bond acceptors (Lipinski definition) is 4. The highest BCUT2D eigenvalue weighted by Gasteiger charge is 2.28. The topological polar surface area (TPSA) is 99.7 Å². The normalized spacial score (nSPS) is 11.8. The van der Waals surface area contributed by atoms with Crippen LogP contribution in [0, 0.1) is 5.82 Å². The number of carboxylic acid groups (broad SMARTS) is 1. The Hall–Kier alpha value is -3.75. The second kappa shape index (κ2) is 9.38. The average molecular weight is 430 g/mol. The molecule has 0 saturated carbocycles. The molecule has 0 aliphatic rings. The molecule has 1 unspecified atom stereocenters. The van der Waals surface area contributed by atoms with Crippen LogP contribution in [0.3, 0.4) is 0 Å². The van der Waals surface area contributed by atoms with Crippen LogP contribution >= 0.6 is 0 Å². The highest BCUT2D eigenvalue weighted by atomic mass is 19.1. The van der Waals surface area contributed by atoms with Crippen LogP contribution in [0.5, 0.6) is 0 Å². The Morgan fingerprint density at radius 1 is 1.13 bits per heavy atom. The minimum atomic E-state index is -1.13. The fourth-order valence-electron chi connectivity index (χ4n) is 3.28. The zero-order chi connectivity index (χ0) is 22.5. The van der Waals surface area contributed by atoms with Crippen molar-refractivity contribution in [2.75, 3.05) is 13.8 Å². The van der Waals surface area contributed by atoms with Gasteiger partial charge in [-0.15, -0.1) is 0 Å². The van der Waals surface area contributed by atoms with Crippen molar-refractivity contribution < 1.29 is 33.0 Å². The maximum absolute atomic E-state index is 14.2. The summed E-state index contributed by atoms with van der Waals surface area (Å²) in [5.74, 6) is -3.01. The number of amides is 1. The van der Waals surface area contributed by atoms with E-state index >= 15 is 0 Å². The molecule has 0 radical (unpaired) electrons. The number of fused-ring (bicyclic) bond motifs is 1. The third-order valence-corrected chi connectivity index (χ3v) is 4.89. The van der Waals surface area contributed by atoms with Crippen molar-refractivity contribution in [3.63, 3.8) is 0 Å². The van der Waals surface area contributed by atoms with Crippen LogP contribution in [0.15, 0.2) is 48.5 Å². The molecule has 1 heterocycles. The molecular formula is C22H20F2N2O5. The van der Waals surface area contributed by atoms with Crippen LogP contribution in [-0.4, -0.2) is 46.6 Å². The number of methoxy groups -OCH3 is 1. The lowest BCUT2D eigenvalue weighted by atomic mass is 10.0. The molecule has 9 heteroatoms. The van der Waals surface area contributed by atoms with Gasteiger partial charge in [-0.3, -0.25) is 9.59 Å². The van der Waals surface area contributed by atoms with E-state index in [2.05, 4.69) is 9.72 Å². The summed E-state index contributed by atoms with van der Waals surface area (Å²) in [6, 6.07) is 10.5. The fraction of sp³-hybridized carbons (Fsp3) is 0.227. The van der Waals surface area contributed by atoms with Gasteiger partial charge in [0.05, 0.1) is 13.2 Å². The number of aromatic nitrogens is 1. The summed E-state index contributed by atoms with van der Waals surface area (Å²) >= 11 is 0. The zero-order valence-corrected chi connectivity index (χ0v) is 16.6. The lowest BCUT2D eigenvalue weighted by Gasteiger charge is -2.30. The SMILES string of the molecule is COC(=O)CC(=O)N(Cc1ccc(F)cc1)C(CF)c1ccc2[nH]c(C(=O)O)cc2c1. The maximum atomic E-state index is 14.2. The highest BCUT2D eigenvalue weighted by molar-refractivity contribution is 5.95. The molecule has 1 aromatic heterocycles. The summed E-state index contributed by atoms with van der Waals surface area (Å²) in [5.41, 5.74) is 1.50. The van der Waals surface area contributed by atoms with Gasteiger partial charge in [-0.25, -0.2) is 13.6 Å². The molecule has 3 aromatic rings. The van der Waals surface area contributed by atoms with E-state index in [1.165, 1.54) is 35.2 Å². The number of aromatic carboxylic acids is 1. The summed E-state index contributed by atoms with van der Waals surface area (Å²) < 4.78 is 32.0. The number of carboxylic acids is 1. The van der Waals surface area contributed by atoms with Crippen molar-refractivity contribution in [1.82, 2.24) is 9.88 Å². The molecule has 31 heavy (non-hydrogen) atoms. The minimum Gasteiger partial charge on any atom is -0.477 e. The molecular weight excluding hydrogens is 410 g/mol. The first kappa shape index (κ1) is 21.9.